The second-order valence-corrected chi connectivity index (χ2v) is 6.00. The molecule has 0 saturated heterocycles. The SMILES string of the molecule is COc1cc(C(=O)O)ccc1CCNC(=O)C1CCC(F)(F)CC1. The van der Waals surface area contributed by atoms with Crippen molar-refractivity contribution in [2.24, 2.45) is 5.92 Å². The van der Waals surface area contributed by atoms with Gasteiger partial charge in [0.1, 0.15) is 5.75 Å². The summed E-state index contributed by atoms with van der Waals surface area (Å²) in [6.07, 6.45) is 0.397. The maximum absolute atomic E-state index is 13.1. The second kappa shape index (κ2) is 7.59. The number of methoxy groups -OCH3 is 1. The van der Waals surface area contributed by atoms with Crippen molar-refractivity contribution >= 4 is 11.9 Å². The van der Waals surface area contributed by atoms with Crippen LogP contribution in [0.3, 0.4) is 0 Å². The van der Waals surface area contributed by atoms with E-state index in [0.29, 0.717) is 18.7 Å². The van der Waals surface area contributed by atoms with Crippen molar-refractivity contribution in [3.8, 4) is 5.75 Å². The third-order valence-corrected chi connectivity index (χ3v) is 4.32. The van der Waals surface area contributed by atoms with Crippen molar-refractivity contribution < 1.29 is 28.2 Å². The molecule has 0 unspecified atom stereocenters. The number of nitrogens with one attached hydrogen (secondary N) is 1. The standard InChI is InChI=1S/C17H21F2NO4/c1-24-14-10-13(16(22)23)3-2-11(14)6-9-20-15(21)12-4-7-17(18,19)8-5-12/h2-3,10,12H,4-9H2,1H3,(H,20,21)(H,22,23). The summed E-state index contributed by atoms with van der Waals surface area (Å²) in [5.74, 6) is -3.80. The average molecular weight is 341 g/mol. The topological polar surface area (TPSA) is 75.6 Å². The molecule has 1 saturated carbocycles. The van der Waals surface area contributed by atoms with Crippen LogP contribution in [-0.4, -0.2) is 36.6 Å². The molecule has 0 heterocycles. The summed E-state index contributed by atoms with van der Waals surface area (Å²) in [6.45, 7) is 0.342. The number of rotatable bonds is 6. The molecule has 2 N–H and O–H groups in total. The quantitative estimate of drug-likeness (QED) is 0.834. The van der Waals surface area contributed by atoms with Gasteiger partial charge in [0.05, 0.1) is 12.7 Å². The maximum atomic E-state index is 13.1. The van der Waals surface area contributed by atoms with Crippen LogP contribution in [0.2, 0.25) is 0 Å². The molecular formula is C17H21F2NO4. The van der Waals surface area contributed by atoms with Gasteiger partial charge in [-0.3, -0.25) is 4.79 Å². The van der Waals surface area contributed by atoms with Crippen LogP contribution >= 0.6 is 0 Å². The van der Waals surface area contributed by atoms with E-state index in [4.69, 9.17) is 9.84 Å². The van der Waals surface area contributed by atoms with Crippen LogP contribution in [0.4, 0.5) is 8.78 Å². The van der Waals surface area contributed by atoms with E-state index in [2.05, 4.69) is 5.32 Å². The van der Waals surface area contributed by atoms with E-state index in [0.717, 1.165) is 5.56 Å². The van der Waals surface area contributed by atoms with Gasteiger partial charge in [0.25, 0.3) is 0 Å². The number of amides is 1. The van der Waals surface area contributed by atoms with E-state index >= 15 is 0 Å². The monoisotopic (exact) mass is 341 g/mol. The highest BCUT2D eigenvalue weighted by atomic mass is 19.3. The molecule has 1 aliphatic carbocycles. The van der Waals surface area contributed by atoms with Gasteiger partial charge in [0.2, 0.25) is 11.8 Å². The van der Waals surface area contributed by atoms with Crippen LogP contribution in [0.25, 0.3) is 0 Å². The van der Waals surface area contributed by atoms with Gasteiger partial charge in [0, 0.05) is 25.3 Å². The fourth-order valence-electron chi connectivity index (χ4n) is 2.85. The Morgan fingerprint density at radius 3 is 2.58 bits per heavy atom. The molecule has 0 aliphatic heterocycles. The predicted octanol–water partition coefficient (Wildman–Crippen LogP) is 2.88. The molecule has 1 aromatic rings. The van der Waals surface area contributed by atoms with Crippen LogP contribution in [0.1, 0.15) is 41.6 Å². The Bertz CT molecular complexity index is 609. The first-order valence-electron chi connectivity index (χ1n) is 7.88. The molecule has 132 valence electrons. The number of aromatic carboxylic acids is 1. The minimum absolute atomic E-state index is 0.128. The number of halogens is 2. The molecule has 5 nitrogen and oxygen atoms in total. The van der Waals surface area contributed by atoms with E-state index in [1.165, 1.54) is 19.2 Å². The van der Waals surface area contributed by atoms with E-state index in [-0.39, 0.29) is 43.1 Å². The van der Waals surface area contributed by atoms with Crippen molar-refractivity contribution in [2.45, 2.75) is 38.0 Å². The van der Waals surface area contributed by atoms with Crippen LogP contribution < -0.4 is 10.1 Å². The first-order valence-corrected chi connectivity index (χ1v) is 7.88. The molecule has 1 amide bonds. The number of hydrogen-bond donors (Lipinski definition) is 2. The van der Waals surface area contributed by atoms with Crippen molar-refractivity contribution in [3.05, 3.63) is 29.3 Å². The fraction of sp³-hybridized carbons (Fsp3) is 0.529. The molecule has 2 rings (SSSR count). The number of carbonyl (C=O) groups excluding carboxylic acids is 1. The van der Waals surface area contributed by atoms with Crippen molar-refractivity contribution in [2.75, 3.05) is 13.7 Å². The number of carbonyl (C=O) groups is 2. The number of carboxylic acid groups (broad SMARTS) is 1. The molecule has 1 fully saturated rings. The number of alkyl halides is 2. The highest BCUT2D eigenvalue weighted by Crippen LogP contribution is 2.36. The maximum Gasteiger partial charge on any atom is 0.335 e. The largest absolute Gasteiger partial charge is 0.496 e. The lowest BCUT2D eigenvalue weighted by Gasteiger charge is -2.27. The number of hydrogen-bond acceptors (Lipinski definition) is 3. The Labute approximate surface area is 139 Å². The van der Waals surface area contributed by atoms with Gasteiger partial charge in [-0.1, -0.05) is 6.07 Å². The Kier molecular flexibility index (Phi) is 5.75. The van der Waals surface area contributed by atoms with Gasteiger partial charge in [-0.25, -0.2) is 13.6 Å². The Morgan fingerprint density at radius 2 is 2.00 bits per heavy atom. The normalized spacial score (nSPS) is 17.3. The van der Waals surface area contributed by atoms with E-state index in [1.807, 2.05) is 0 Å². The Balaban J connectivity index is 1.85. The summed E-state index contributed by atoms with van der Waals surface area (Å²) >= 11 is 0. The molecule has 24 heavy (non-hydrogen) atoms. The summed E-state index contributed by atoms with van der Waals surface area (Å²) in [5.41, 5.74) is 0.903. The Hall–Kier alpha value is -2.18. The predicted molar refractivity (Wildman–Crippen MR) is 83.6 cm³/mol. The molecular weight excluding hydrogens is 320 g/mol. The molecule has 0 bridgehead atoms. The molecule has 1 aliphatic rings. The number of ether oxygens (including phenoxy) is 1. The van der Waals surface area contributed by atoms with E-state index < -0.39 is 11.9 Å². The zero-order valence-electron chi connectivity index (χ0n) is 13.5. The highest BCUT2D eigenvalue weighted by Gasteiger charge is 2.37. The summed E-state index contributed by atoms with van der Waals surface area (Å²) in [6, 6.07) is 4.56. The molecule has 1 aromatic carbocycles. The van der Waals surface area contributed by atoms with Gasteiger partial charge >= 0.3 is 5.97 Å². The zero-order chi connectivity index (χ0) is 17.7. The van der Waals surface area contributed by atoms with Gasteiger partial charge < -0.3 is 15.2 Å². The van der Waals surface area contributed by atoms with Crippen LogP contribution in [0, 0.1) is 5.92 Å². The van der Waals surface area contributed by atoms with Crippen LogP contribution in [0.15, 0.2) is 18.2 Å². The van der Waals surface area contributed by atoms with Gasteiger partial charge in [-0.05, 0) is 37.0 Å². The van der Waals surface area contributed by atoms with E-state index in [1.54, 1.807) is 6.07 Å². The third-order valence-electron chi connectivity index (χ3n) is 4.32. The first kappa shape index (κ1) is 18.2. The highest BCUT2D eigenvalue weighted by molar-refractivity contribution is 5.88. The molecule has 0 radical (unpaired) electrons. The average Bonchev–Trinajstić information content (AvgIpc) is 2.54. The first-order chi connectivity index (χ1) is 11.3. The van der Waals surface area contributed by atoms with Crippen LogP contribution in [-0.2, 0) is 11.2 Å². The molecule has 0 aromatic heterocycles. The summed E-state index contributed by atoms with van der Waals surface area (Å²) in [5, 5.41) is 11.7. The van der Waals surface area contributed by atoms with Crippen molar-refractivity contribution in [1.82, 2.24) is 5.32 Å². The Morgan fingerprint density at radius 1 is 1.33 bits per heavy atom. The van der Waals surface area contributed by atoms with Gasteiger partial charge in [-0.15, -0.1) is 0 Å². The number of carboxylic acids is 1. The molecule has 0 spiro atoms. The van der Waals surface area contributed by atoms with Crippen LogP contribution in [0.5, 0.6) is 5.75 Å². The van der Waals surface area contributed by atoms with Gasteiger partial charge in [-0.2, -0.15) is 0 Å². The lowest BCUT2D eigenvalue weighted by molar-refractivity contribution is -0.129. The minimum atomic E-state index is -2.64. The lowest BCUT2D eigenvalue weighted by Crippen LogP contribution is -2.36. The summed E-state index contributed by atoms with van der Waals surface area (Å²) in [7, 11) is 1.45. The minimum Gasteiger partial charge on any atom is -0.496 e. The van der Waals surface area contributed by atoms with Gasteiger partial charge in [0.15, 0.2) is 0 Å². The molecule has 7 heteroatoms. The third kappa shape index (κ3) is 4.66. The number of benzene rings is 1. The van der Waals surface area contributed by atoms with Crippen molar-refractivity contribution in [3.63, 3.8) is 0 Å². The van der Waals surface area contributed by atoms with Crippen molar-refractivity contribution in [1.29, 1.82) is 0 Å². The smallest absolute Gasteiger partial charge is 0.335 e. The molecule has 0 atom stereocenters. The fourth-order valence-corrected chi connectivity index (χ4v) is 2.85. The lowest BCUT2D eigenvalue weighted by atomic mass is 9.86. The van der Waals surface area contributed by atoms with E-state index in [9.17, 15) is 18.4 Å². The second-order valence-electron chi connectivity index (χ2n) is 6.00. The zero-order valence-corrected chi connectivity index (χ0v) is 13.5. The summed E-state index contributed by atoms with van der Waals surface area (Å²) in [4.78, 5) is 23.0. The summed E-state index contributed by atoms with van der Waals surface area (Å²) < 4.78 is 31.4.